The number of carbonyl (C=O) groups excluding carboxylic acids is 3. The molecule has 0 aromatic heterocycles. The van der Waals surface area contributed by atoms with E-state index >= 15 is 0 Å². The lowest BCUT2D eigenvalue weighted by Crippen LogP contribution is -2.69. The first-order chi connectivity index (χ1) is 17.0. The molecule has 2 aliphatic heterocycles. The fraction of sp³-hybridized carbons (Fsp3) is 0.333. The monoisotopic (exact) mass is 504 g/mol. The van der Waals surface area contributed by atoms with E-state index in [1.54, 1.807) is 6.07 Å². The summed E-state index contributed by atoms with van der Waals surface area (Å²) in [7, 11) is 1.17. The fourth-order valence-corrected chi connectivity index (χ4v) is 4.58. The van der Waals surface area contributed by atoms with Gasteiger partial charge >= 0.3 is 12.3 Å². The van der Waals surface area contributed by atoms with Gasteiger partial charge in [-0.25, -0.2) is 9.18 Å². The number of nitrogens with zero attached hydrogens (tertiary/aromatic N) is 4. The molecule has 36 heavy (non-hydrogen) atoms. The van der Waals surface area contributed by atoms with Crippen LogP contribution < -0.4 is 4.90 Å². The molecule has 0 saturated carbocycles. The summed E-state index contributed by atoms with van der Waals surface area (Å²) in [4.78, 5) is 42.8. The van der Waals surface area contributed by atoms with Gasteiger partial charge in [-0.1, -0.05) is 12.1 Å². The zero-order valence-electron chi connectivity index (χ0n) is 19.0. The lowest BCUT2D eigenvalue weighted by Gasteiger charge is -2.47. The summed E-state index contributed by atoms with van der Waals surface area (Å²) in [5.41, 5.74) is -2.27. The Kier molecular flexibility index (Phi) is 6.34. The number of likely N-dealkylation sites (tertiary alicyclic amines) is 1. The number of piperazine rings is 1. The minimum atomic E-state index is -4.53. The molecule has 2 fully saturated rings. The molecular formula is C24H20F4N4O4. The second-order valence-corrected chi connectivity index (χ2v) is 8.52. The summed E-state index contributed by atoms with van der Waals surface area (Å²) in [6, 6.07) is 9.47. The Labute approximate surface area is 203 Å². The topological polar surface area (TPSA) is 94.0 Å². The Morgan fingerprint density at radius 3 is 2.44 bits per heavy atom. The van der Waals surface area contributed by atoms with Gasteiger partial charge in [-0.2, -0.15) is 18.4 Å². The van der Waals surface area contributed by atoms with E-state index in [4.69, 9.17) is 10.00 Å². The van der Waals surface area contributed by atoms with Crippen LogP contribution in [0.25, 0.3) is 0 Å². The molecule has 2 aromatic carbocycles. The van der Waals surface area contributed by atoms with Gasteiger partial charge < -0.3 is 14.5 Å². The predicted octanol–water partition coefficient (Wildman–Crippen LogP) is 3.30. The Hall–Kier alpha value is -4.14. The summed E-state index contributed by atoms with van der Waals surface area (Å²) in [6.45, 7) is -0.887. The highest BCUT2D eigenvalue weighted by Gasteiger charge is 2.57. The molecule has 0 bridgehead atoms. The minimum Gasteiger partial charge on any atom is -0.453 e. The lowest BCUT2D eigenvalue weighted by atomic mass is 9.89. The van der Waals surface area contributed by atoms with Gasteiger partial charge in [0.05, 0.1) is 36.5 Å². The van der Waals surface area contributed by atoms with Gasteiger partial charge in [0.15, 0.2) is 0 Å². The fourth-order valence-electron chi connectivity index (χ4n) is 4.58. The maximum absolute atomic E-state index is 14.8. The number of carbonyl (C=O) groups is 3. The van der Waals surface area contributed by atoms with Crippen molar-refractivity contribution in [1.29, 1.82) is 5.26 Å². The van der Waals surface area contributed by atoms with Crippen molar-refractivity contribution in [2.75, 3.05) is 31.6 Å². The van der Waals surface area contributed by atoms with Gasteiger partial charge in [-0.3, -0.25) is 14.5 Å². The summed E-state index contributed by atoms with van der Waals surface area (Å²) in [5, 5.41) is 9.00. The van der Waals surface area contributed by atoms with Crippen molar-refractivity contribution in [1.82, 2.24) is 9.80 Å². The van der Waals surface area contributed by atoms with E-state index in [0.29, 0.717) is 5.56 Å². The molecule has 2 heterocycles. The zero-order chi connectivity index (χ0) is 26.3. The molecule has 0 aliphatic carbocycles. The van der Waals surface area contributed by atoms with Crippen molar-refractivity contribution in [3.05, 3.63) is 65.0 Å². The number of halogens is 4. The molecule has 2 aromatic rings. The number of amides is 3. The number of rotatable bonds is 3. The van der Waals surface area contributed by atoms with Crippen LogP contribution in [0.4, 0.5) is 28.0 Å². The Morgan fingerprint density at radius 2 is 1.86 bits per heavy atom. The predicted molar refractivity (Wildman–Crippen MR) is 117 cm³/mol. The number of hydrogen-bond acceptors (Lipinski definition) is 5. The van der Waals surface area contributed by atoms with Crippen molar-refractivity contribution in [2.45, 2.75) is 24.7 Å². The first-order valence-electron chi connectivity index (χ1n) is 10.8. The van der Waals surface area contributed by atoms with Crippen molar-refractivity contribution in [2.24, 2.45) is 0 Å². The van der Waals surface area contributed by atoms with Crippen LogP contribution in [0.2, 0.25) is 0 Å². The number of alkyl halides is 3. The molecule has 0 N–H and O–H groups in total. The second-order valence-electron chi connectivity index (χ2n) is 8.52. The van der Waals surface area contributed by atoms with E-state index in [0.717, 1.165) is 23.1 Å². The summed E-state index contributed by atoms with van der Waals surface area (Å²) in [6.07, 6.45) is -5.24. The van der Waals surface area contributed by atoms with Crippen LogP contribution in [0.3, 0.4) is 0 Å². The standard InChI is InChI=1S/C24H20F4N4O4/c1-36-22(35)30-9-8-23(14-30)21(34)31(19-7-4-16(11-29)10-18(19)25)13-20(33)32(23)12-15-2-5-17(6-3-15)24(26,27)28/h2-7,10H,8-9,12-14H2,1H3. The van der Waals surface area contributed by atoms with Crippen molar-refractivity contribution in [3.8, 4) is 6.07 Å². The zero-order valence-corrected chi connectivity index (χ0v) is 19.0. The maximum atomic E-state index is 14.8. The molecule has 2 saturated heterocycles. The number of benzene rings is 2. The minimum absolute atomic E-state index is 0.0156. The molecule has 188 valence electrons. The van der Waals surface area contributed by atoms with Crippen LogP contribution in [0.15, 0.2) is 42.5 Å². The van der Waals surface area contributed by atoms with Gasteiger partial charge in [-0.05, 0) is 42.3 Å². The van der Waals surface area contributed by atoms with Crippen LogP contribution in [0, 0.1) is 17.1 Å². The molecule has 0 radical (unpaired) electrons. The van der Waals surface area contributed by atoms with Crippen LogP contribution in [0.5, 0.6) is 0 Å². The first-order valence-corrected chi connectivity index (χ1v) is 10.8. The highest BCUT2D eigenvalue weighted by atomic mass is 19.4. The third kappa shape index (κ3) is 4.32. The Morgan fingerprint density at radius 1 is 1.17 bits per heavy atom. The van der Waals surface area contributed by atoms with E-state index in [-0.39, 0.29) is 37.3 Å². The highest BCUT2D eigenvalue weighted by Crippen LogP contribution is 2.38. The van der Waals surface area contributed by atoms with Crippen molar-refractivity contribution in [3.63, 3.8) is 0 Å². The Bertz CT molecular complexity index is 1260. The number of methoxy groups -OCH3 is 1. The smallest absolute Gasteiger partial charge is 0.416 e. The van der Waals surface area contributed by atoms with E-state index in [2.05, 4.69) is 0 Å². The third-order valence-electron chi connectivity index (χ3n) is 6.42. The number of nitriles is 1. The summed E-state index contributed by atoms with van der Waals surface area (Å²) >= 11 is 0. The largest absolute Gasteiger partial charge is 0.453 e. The van der Waals surface area contributed by atoms with E-state index in [1.165, 1.54) is 41.2 Å². The highest BCUT2D eigenvalue weighted by molar-refractivity contribution is 6.09. The normalized spacial score (nSPS) is 20.2. The van der Waals surface area contributed by atoms with E-state index < -0.39 is 47.5 Å². The Balaban J connectivity index is 1.71. The van der Waals surface area contributed by atoms with Gasteiger partial charge in [0.1, 0.15) is 17.9 Å². The molecule has 1 atom stereocenters. The maximum Gasteiger partial charge on any atom is 0.416 e. The SMILES string of the molecule is COC(=O)N1CCC2(C1)C(=O)N(c1ccc(C#N)cc1F)CC(=O)N2Cc1ccc(C(F)(F)F)cc1. The van der Waals surface area contributed by atoms with Crippen molar-refractivity contribution < 1.29 is 36.7 Å². The average Bonchev–Trinajstić information content (AvgIpc) is 3.30. The molecule has 1 spiro atoms. The first kappa shape index (κ1) is 25.0. The quantitative estimate of drug-likeness (QED) is 0.598. The molecular weight excluding hydrogens is 484 g/mol. The molecule has 1 unspecified atom stereocenters. The average molecular weight is 504 g/mol. The van der Waals surface area contributed by atoms with Gasteiger partial charge in [0.2, 0.25) is 5.91 Å². The molecule has 4 rings (SSSR count). The lowest BCUT2D eigenvalue weighted by molar-refractivity contribution is -0.151. The van der Waals surface area contributed by atoms with Crippen LogP contribution >= 0.6 is 0 Å². The summed E-state index contributed by atoms with van der Waals surface area (Å²) in [5.74, 6) is -2.10. The van der Waals surface area contributed by atoms with Gasteiger partial charge in [-0.15, -0.1) is 0 Å². The summed E-state index contributed by atoms with van der Waals surface area (Å²) < 4.78 is 58.4. The molecule has 2 aliphatic rings. The van der Waals surface area contributed by atoms with Gasteiger partial charge in [0.25, 0.3) is 5.91 Å². The molecule has 8 nitrogen and oxygen atoms in total. The van der Waals surface area contributed by atoms with Crippen LogP contribution in [-0.2, 0) is 27.0 Å². The second kappa shape index (κ2) is 9.14. The van der Waals surface area contributed by atoms with E-state index in [9.17, 15) is 31.9 Å². The molecule has 12 heteroatoms. The molecule has 3 amide bonds. The van der Waals surface area contributed by atoms with E-state index in [1.807, 2.05) is 0 Å². The van der Waals surface area contributed by atoms with Crippen molar-refractivity contribution >= 4 is 23.6 Å². The van der Waals surface area contributed by atoms with Crippen LogP contribution in [0.1, 0.15) is 23.1 Å². The number of anilines is 1. The van der Waals surface area contributed by atoms with Crippen LogP contribution in [-0.4, -0.2) is 60.0 Å². The number of ether oxygens (including phenoxy) is 1. The third-order valence-corrected chi connectivity index (χ3v) is 6.42. The number of hydrogen-bond donors (Lipinski definition) is 0. The van der Waals surface area contributed by atoms with Gasteiger partial charge in [0, 0.05) is 13.1 Å².